The van der Waals surface area contributed by atoms with Gasteiger partial charge in [0.25, 0.3) is 0 Å². The number of nitrogens with zero attached hydrogens (tertiary/aromatic N) is 4. The number of pyridine rings is 2. The predicted octanol–water partition coefficient (Wildman–Crippen LogP) is 4.05. The van der Waals surface area contributed by atoms with E-state index in [1.807, 2.05) is 12.1 Å². The van der Waals surface area contributed by atoms with Gasteiger partial charge in [-0.05, 0) is 97.3 Å². The van der Waals surface area contributed by atoms with E-state index in [1.165, 1.54) is 39.5 Å². The Kier molecular flexibility index (Phi) is 7.31. The lowest BCUT2D eigenvalue weighted by atomic mass is 9.91. The summed E-state index contributed by atoms with van der Waals surface area (Å²) >= 11 is 0. The Morgan fingerprint density at radius 1 is 0.929 bits per heavy atom. The van der Waals surface area contributed by atoms with E-state index in [4.69, 9.17) is 10.7 Å². The van der Waals surface area contributed by atoms with Gasteiger partial charge in [-0.2, -0.15) is 4.31 Å². The van der Waals surface area contributed by atoms with Crippen molar-refractivity contribution >= 4 is 38.1 Å². The van der Waals surface area contributed by atoms with Gasteiger partial charge in [0.05, 0.1) is 16.1 Å². The molecule has 0 radical (unpaired) electrons. The number of hydrogen-bond acceptors (Lipinski definition) is 8. The Bertz CT molecular complexity index is 1720. The first kappa shape index (κ1) is 27.3. The summed E-state index contributed by atoms with van der Waals surface area (Å²) in [6.45, 7) is 4.18. The second kappa shape index (κ2) is 11.3. The number of rotatable bonds is 6. The van der Waals surface area contributed by atoms with Crippen LogP contribution in [0.25, 0.3) is 22.0 Å². The number of nitrogens with two attached hydrogens (primary N) is 1. The quantitative estimate of drug-likeness (QED) is 0.311. The summed E-state index contributed by atoms with van der Waals surface area (Å²) < 4.78 is 27.6. The van der Waals surface area contributed by atoms with E-state index in [0.717, 1.165) is 54.7 Å². The minimum absolute atomic E-state index is 0.209. The number of fused-ring (bicyclic) bond motifs is 2. The number of aryl methyl sites for hydroxylation is 1. The number of sulfonamides is 1. The molecule has 3 aliphatic rings. The number of nitrogens with one attached hydrogen (secondary N) is 2. The van der Waals surface area contributed by atoms with Crippen molar-refractivity contribution < 1.29 is 8.42 Å². The van der Waals surface area contributed by atoms with Gasteiger partial charge in [0.15, 0.2) is 0 Å². The van der Waals surface area contributed by atoms with Crippen LogP contribution in [0, 0.1) is 0 Å². The highest BCUT2D eigenvalue weighted by Crippen LogP contribution is 2.39. The van der Waals surface area contributed by atoms with Gasteiger partial charge in [0.2, 0.25) is 10.0 Å². The highest BCUT2D eigenvalue weighted by atomic mass is 32.2. The number of piperazine rings is 1. The van der Waals surface area contributed by atoms with E-state index in [2.05, 4.69) is 38.7 Å². The zero-order valence-corrected chi connectivity index (χ0v) is 24.5. The first-order valence-electron chi connectivity index (χ1n) is 15.0. The molecule has 0 amide bonds. The molecular formula is C32H37N7O2S. The van der Waals surface area contributed by atoms with Crippen LogP contribution in [0.3, 0.4) is 0 Å². The molecule has 7 rings (SSSR count). The second-order valence-corrected chi connectivity index (χ2v) is 13.5. The van der Waals surface area contributed by atoms with Crippen LogP contribution in [0.4, 0.5) is 17.2 Å². The van der Waals surface area contributed by atoms with Crippen LogP contribution >= 0.6 is 0 Å². The molecule has 4 heterocycles. The third-order valence-corrected chi connectivity index (χ3v) is 10.6. The van der Waals surface area contributed by atoms with E-state index in [-0.39, 0.29) is 6.04 Å². The highest BCUT2D eigenvalue weighted by molar-refractivity contribution is 7.89. The topological polar surface area (TPSA) is 116 Å². The van der Waals surface area contributed by atoms with E-state index in [0.29, 0.717) is 36.9 Å². The van der Waals surface area contributed by atoms with Crippen molar-refractivity contribution in [2.75, 3.05) is 49.5 Å². The van der Waals surface area contributed by atoms with Gasteiger partial charge in [0, 0.05) is 68.3 Å². The fourth-order valence-electron chi connectivity index (χ4n) is 6.50. The van der Waals surface area contributed by atoms with Crippen LogP contribution in [0.1, 0.15) is 30.5 Å². The minimum atomic E-state index is -3.50. The lowest BCUT2D eigenvalue weighted by Crippen LogP contribution is -2.46. The second-order valence-electron chi connectivity index (χ2n) is 11.6. The molecule has 2 aromatic carbocycles. The van der Waals surface area contributed by atoms with Gasteiger partial charge in [-0.15, -0.1) is 0 Å². The molecule has 0 bridgehead atoms. The zero-order chi connectivity index (χ0) is 28.7. The van der Waals surface area contributed by atoms with E-state index in [1.54, 1.807) is 30.5 Å². The molecule has 2 aromatic heterocycles. The summed E-state index contributed by atoms with van der Waals surface area (Å²) in [5.41, 5.74) is 14.3. The zero-order valence-electron chi connectivity index (χ0n) is 23.7. The van der Waals surface area contributed by atoms with Crippen molar-refractivity contribution in [2.45, 2.75) is 43.0 Å². The Hall–Kier alpha value is -3.57. The van der Waals surface area contributed by atoms with Gasteiger partial charge in [0.1, 0.15) is 5.82 Å². The maximum atomic E-state index is 13.0. The molecule has 2 fully saturated rings. The fourth-order valence-corrected chi connectivity index (χ4v) is 7.94. The van der Waals surface area contributed by atoms with Crippen LogP contribution < -0.4 is 21.3 Å². The molecule has 0 saturated carbocycles. The van der Waals surface area contributed by atoms with Crippen LogP contribution in [-0.4, -0.2) is 68.0 Å². The van der Waals surface area contributed by atoms with Crippen molar-refractivity contribution in [3.63, 3.8) is 0 Å². The van der Waals surface area contributed by atoms with Crippen LogP contribution in [0.5, 0.6) is 0 Å². The third kappa shape index (κ3) is 5.24. The molecule has 0 spiro atoms. The summed E-state index contributed by atoms with van der Waals surface area (Å²) in [6.07, 6.45) is 7.33. The van der Waals surface area contributed by atoms with E-state index < -0.39 is 10.0 Å². The summed E-state index contributed by atoms with van der Waals surface area (Å²) in [7, 11) is -3.50. The standard InChI is InChI=1S/C32H37N7O2S/c33-24-12-16-38(21-24)32-27-3-1-2-4-29(27)37-30-10-5-22(19-28(30)32)23-11-13-35-31(20-23)36-25-6-8-26(9-7-25)42(40,41)39-17-14-34-15-18-39/h5-11,13,19-20,24,34H,1-4,12,14-18,21,33H2,(H,35,36)/t24-/m0/s1. The van der Waals surface area contributed by atoms with Gasteiger partial charge in [-0.3, -0.25) is 4.98 Å². The van der Waals surface area contributed by atoms with Crippen LogP contribution in [0.15, 0.2) is 65.7 Å². The van der Waals surface area contributed by atoms with Crippen molar-refractivity contribution in [1.29, 1.82) is 0 Å². The molecule has 42 heavy (non-hydrogen) atoms. The molecule has 4 aromatic rings. The summed E-state index contributed by atoms with van der Waals surface area (Å²) in [5.74, 6) is 0.694. The molecule has 1 aliphatic carbocycles. The minimum Gasteiger partial charge on any atom is -0.369 e. The molecule has 9 nitrogen and oxygen atoms in total. The SMILES string of the molecule is N[C@H]1CCN(c2c3c(nc4ccc(-c5ccnc(Nc6ccc(S(=O)(=O)N7CCNCC7)cc6)c5)cc24)CCCC3)C1. The molecule has 2 saturated heterocycles. The highest BCUT2D eigenvalue weighted by Gasteiger charge is 2.27. The first-order valence-corrected chi connectivity index (χ1v) is 16.4. The number of hydrogen-bond donors (Lipinski definition) is 3. The predicted molar refractivity (Wildman–Crippen MR) is 168 cm³/mol. The van der Waals surface area contributed by atoms with Gasteiger partial charge >= 0.3 is 0 Å². The monoisotopic (exact) mass is 583 g/mol. The van der Waals surface area contributed by atoms with Crippen molar-refractivity contribution in [1.82, 2.24) is 19.6 Å². The normalized spacial score (nSPS) is 19.6. The van der Waals surface area contributed by atoms with Crippen molar-refractivity contribution in [3.05, 3.63) is 72.1 Å². The van der Waals surface area contributed by atoms with Gasteiger partial charge in [-0.25, -0.2) is 13.4 Å². The molecule has 4 N–H and O–H groups in total. The lowest BCUT2D eigenvalue weighted by molar-refractivity contribution is 0.360. The molecule has 0 unspecified atom stereocenters. The molecule has 2 aliphatic heterocycles. The van der Waals surface area contributed by atoms with Crippen molar-refractivity contribution in [2.24, 2.45) is 5.73 Å². The maximum Gasteiger partial charge on any atom is 0.243 e. The van der Waals surface area contributed by atoms with E-state index >= 15 is 0 Å². The lowest BCUT2D eigenvalue weighted by Gasteiger charge is -2.28. The molecule has 1 atom stereocenters. The summed E-state index contributed by atoms with van der Waals surface area (Å²) in [6, 6.07) is 17.7. The summed E-state index contributed by atoms with van der Waals surface area (Å²) in [4.78, 5) is 12.4. The number of aromatic nitrogens is 2. The largest absolute Gasteiger partial charge is 0.369 e. The Morgan fingerprint density at radius 2 is 1.71 bits per heavy atom. The maximum absolute atomic E-state index is 13.0. The van der Waals surface area contributed by atoms with Gasteiger partial charge in [-0.1, -0.05) is 6.07 Å². The van der Waals surface area contributed by atoms with Crippen LogP contribution in [-0.2, 0) is 22.9 Å². The Labute approximate surface area is 247 Å². The molecule has 218 valence electrons. The molecular weight excluding hydrogens is 546 g/mol. The number of benzene rings is 2. The van der Waals surface area contributed by atoms with E-state index in [9.17, 15) is 8.42 Å². The number of anilines is 3. The Balaban J connectivity index is 1.17. The third-order valence-electron chi connectivity index (χ3n) is 8.71. The summed E-state index contributed by atoms with van der Waals surface area (Å²) in [5, 5.41) is 7.73. The first-order chi connectivity index (χ1) is 20.5. The van der Waals surface area contributed by atoms with Crippen molar-refractivity contribution in [3.8, 4) is 11.1 Å². The fraction of sp³-hybridized carbons (Fsp3) is 0.375. The Morgan fingerprint density at radius 3 is 2.50 bits per heavy atom. The smallest absolute Gasteiger partial charge is 0.243 e. The average molecular weight is 584 g/mol. The average Bonchev–Trinajstić information content (AvgIpc) is 3.46. The van der Waals surface area contributed by atoms with Crippen LogP contribution in [0.2, 0.25) is 0 Å². The van der Waals surface area contributed by atoms with Gasteiger partial charge < -0.3 is 21.3 Å². The molecule has 10 heteroatoms.